The maximum atomic E-state index is 11.6. The van der Waals surface area contributed by atoms with Gasteiger partial charge in [0.25, 0.3) is 0 Å². The molecule has 1 N–H and O–H groups in total. The van der Waals surface area contributed by atoms with Crippen LogP contribution in [0.4, 0.5) is 0 Å². The van der Waals surface area contributed by atoms with Crippen LogP contribution in [0.15, 0.2) is 0 Å². The van der Waals surface area contributed by atoms with Gasteiger partial charge in [0.1, 0.15) is 0 Å². The van der Waals surface area contributed by atoms with Crippen LogP contribution < -0.4 is 5.32 Å². The Labute approximate surface area is 117 Å². The summed E-state index contributed by atoms with van der Waals surface area (Å²) in [5.41, 5.74) is 0. The molecule has 0 aliphatic carbocycles. The smallest absolute Gasteiger partial charge is 0.222 e. The van der Waals surface area contributed by atoms with Crippen molar-refractivity contribution in [1.29, 1.82) is 0 Å². The highest BCUT2D eigenvalue weighted by atomic mass is 16.2. The second-order valence-corrected chi connectivity index (χ2v) is 6.46. The van der Waals surface area contributed by atoms with Gasteiger partial charge in [-0.15, -0.1) is 0 Å². The van der Waals surface area contributed by atoms with Crippen LogP contribution >= 0.6 is 0 Å². The van der Waals surface area contributed by atoms with Crippen molar-refractivity contribution in [2.45, 2.75) is 51.6 Å². The molecule has 2 aliphatic heterocycles. The highest BCUT2D eigenvalue weighted by Gasteiger charge is 2.26. The van der Waals surface area contributed by atoms with Gasteiger partial charge in [-0.25, -0.2) is 0 Å². The molecule has 2 fully saturated rings. The molecule has 1 amide bonds. The Morgan fingerprint density at radius 1 is 1.32 bits per heavy atom. The van der Waals surface area contributed by atoms with Gasteiger partial charge in [-0.1, -0.05) is 0 Å². The Kier molecular flexibility index (Phi) is 5.22. The molecule has 4 heteroatoms. The minimum Gasteiger partial charge on any atom is -0.341 e. The van der Waals surface area contributed by atoms with Crippen LogP contribution in [0.25, 0.3) is 0 Å². The molecular weight excluding hydrogens is 238 g/mol. The molecule has 0 spiro atoms. The topological polar surface area (TPSA) is 35.6 Å². The van der Waals surface area contributed by atoms with Crippen LogP contribution in [0.3, 0.4) is 0 Å². The number of likely N-dealkylation sites (tertiary alicyclic amines) is 2. The summed E-state index contributed by atoms with van der Waals surface area (Å²) in [7, 11) is 2.21. The van der Waals surface area contributed by atoms with Crippen molar-refractivity contribution in [3.8, 4) is 0 Å². The average molecular weight is 267 g/mol. The molecule has 19 heavy (non-hydrogen) atoms. The summed E-state index contributed by atoms with van der Waals surface area (Å²) in [5.74, 6) is 1.08. The van der Waals surface area contributed by atoms with E-state index in [4.69, 9.17) is 0 Å². The molecule has 0 aromatic rings. The van der Waals surface area contributed by atoms with Gasteiger partial charge in [-0.2, -0.15) is 0 Å². The zero-order valence-electron chi connectivity index (χ0n) is 12.7. The molecule has 110 valence electrons. The van der Waals surface area contributed by atoms with Gasteiger partial charge in [0, 0.05) is 38.1 Å². The summed E-state index contributed by atoms with van der Waals surface area (Å²) in [6, 6.07) is 0.930. The summed E-state index contributed by atoms with van der Waals surface area (Å²) in [5, 5.41) is 3.70. The number of carbonyl (C=O) groups excluding carboxylic acids is 1. The summed E-state index contributed by atoms with van der Waals surface area (Å²) in [6.07, 6.45) is 4.42. The molecule has 0 aromatic heterocycles. The van der Waals surface area contributed by atoms with Crippen LogP contribution in [-0.4, -0.2) is 61.0 Å². The predicted octanol–water partition coefficient (Wildman–Crippen LogP) is 1.32. The molecule has 3 unspecified atom stereocenters. The third-order valence-electron chi connectivity index (χ3n) is 4.58. The third kappa shape index (κ3) is 4.18. The zero-order valence-corrected chi connectivity index (χ0v) is 12.7. The number of carbonyl (C=O) groups is 1. The minimum atomic E-state index is 0.332. The molecule has 3 atom stereocenters. The standard InChI is InChI=1S/C15H29N3O/c1-12(10-18-9-5-7-15(18)19)16-13(2)14-6-4-8-17(3)11-14/h12-14,16H,4-11H2,1-3H3. The molecule has 4 nitrogen and oxygen atoms in total. The first-order valence-electron chi connectivity index (χ1n) is 7.78. The zero-order chi connectivity index (χ0) is 13.8. The molecule has 2 heterocycles. The average Bonchev–Trinajstić information content (AvgIpc) is 2.75. The van der Waals surface area contributed by atoms with Gasteiger partial charge in [0.05, 0.1) is 0 Å². The van der Waals surface area contributed by atoms with Crippen molar-refractivity contribution in [3.05, 3.63) is 0 Å². The molecular formula is C15H29N3O. The van der Waals surface area contributed by atoms with Crippen molar-refractivity contribution in [3.63, 3.8) is 0 Å². The summed E-state index contributed by atoms with van der Waals surface area (Å²) < 4.78 is 0. The first-order valence-corrected chi connectivity index (χ1v) is 7.78. The lowest BCUT2D eigenvalue weighted by atomic mass is 9.91. The molecule has 0 radical (unpaired) electrons. The van der Waals surface area contributed by atoms with E-state index in [0.29, 0.717) is 18.0 Å². The van der Waals surface area contributed by atoms with E-state index in [-0.39, 0.29) is 0 Å². The van der Waals surface area contributed by atoms with Crippen LogP contribution in [0.2, 0.25) is 0 Å². The number of hydrogen-bond acceptors (Lipinski definition) is 3. The predicted molar refractivity (Wildman–Crippen MR) is 78.1 cm³/mol. The lowest BCUT2D eigenvalue weighted by Gasteiger charge is -2.35. The maximum absolute atomic E-state index is 11.6. The third-order valence-corrected chi connectivity index (χ3v) is 4.58. The van der Waals surface area contributed by atoms with Crippen molar-refractivity contribution < 1.29 is 4.79 Å². The van der Waals surface area contributed by atoms with Gasteiger partial charge >= 0.3 is 0 Å². The Balaban J connectivity index is 1.74. The van der Waals surface area contributed by atoms with E-state index in [2.05, 4.69) is 31.1 Å². The van der Waals surface area contributed by atoms with Crippen LogP contribution in [0.5, 0.6) is 0 Å². The first kappa shape index (κ1) is 14.8. The summed E-state index contributed by atoms with van der Waals surface area (Å²) in [6.45, 7) is 8.75. The fraction of sp³-hybridized carbons (Fsp3) is 0.933. The largest absolute Gasteiger partial charge is 0.341 e. The van der Waals surface area contributed by atoms with Crippen LogP contribution in [-0.2, 0) is 4.79 Å². The fourth-order valence-corrected chi connectivity index (χ4v) is 3.48. The van der Waals surface area contributed by atoms with Crippen molar-refractivity contribution in [1.82, 2.24) is 15.1 Å². The minimum absolute atomic E-state index is 0.332. The highest BCUT2D eigenvalue weighted by Crippen LogP contribution is 2.19. The quantitative estimate of drug-likeness (QED) is 0.816. The molecule has 2 aliphatic rings. The Bertz CT molecular complexity index is 308. The number of piperidine rings is 1. The summed E-state index contributed by atoms with van der Waals surface area (Å²) >= 11 is 0. The number of hydrogen-bond donors (Lipinski definition) is 1. The SMILES string of the molecule is CC(CN1CCCC1=O)NC(C)C1CCCN(C)C1. The van der Waals surface area contributed by atoms with Gasteiger partial charge in [0.15, 0.2) is 0 Å². The van der Waals surface area contributed by atoms with E-state index in [9.17, 15) is 4.79 Å². The maximum Gasteiger partial charge on any atom is 0.222 e. The molecule has 2 rings (SSSR count). The lowest BCUT2D eigenvalue weighted by molar-refractivity contribution is -0.128. The number of nitrogens with zero attached hydrogens (tertiary/aromatic N) is 2. The van der Waals surface area contributed by atoms with Crippen LogP contribution in [0, 0.1) is 5.92 Å². The number of amides is 1. The van der Waals surface area contributed by atoms with Crippen molar-refractivity contribution in [2.75, 3.05) is 33.2 Å². The first-order chi connectivity index (χ1) is 9.06. The van der Waals surface area contributed by atoms with E-state index in [1.54, 1.807) is 0 Å². The Morgan fingerprint density at radius 2 is 2.11 bits per heavy atom. The van der Waals surface area contributed by atoms with Gasteiger partial charge in [0.2, 0.25) is 5.91 Å². The van der Waals surface area contributed by atoms with E-state index in [1.165, 1.54) is 25.9 Å². The van der Waals surface area contributed by atoms with Crippen molar-refractivity contribution >= 4 is 5.91 Å². The molecule has 0 bridgehead atoms. The number of rotatable bonds is 5. The fourth-order valence-electron chi connectivity index (χ4n) is 3.48. The van der Waals surface area contributed by atoms with E-state index >= 15 is 0 Å². The van der Waals surface area contributed by atoms with Gasteiger partial charge < -0.3 is 15.1 Å². The van der Waals surface area contributed by atoms with Crippen molar-refractivity contribution in [2.24, 2.45) is 5.92 Å². The molecule has 2 saturated heterocycles. The number of nitrogens with one attached hydrogen (secondary N) is 1. The van der Waals surface area contributed by atoms with E-state index < -0.39 is 0 Å². The normalized spacial score (nSPS) is 28.7. The van der Waals surface area contributed by atoms with Gasteiger partial charge in [-0.3, -0.25) is 4.79 Å². The van der Waals surface area contributed by atoms with E-state index in [1.807, 2.05) is 4.90 Å². The molecule has 0 saturated carbocycles. The van der Waals surface area contributed by atoms with Gasteiger partial charge in [-0.05, 0) is 52.6 Å². The summed E-state index contributed by atoms with van der Waals surface area (Å²) in [4.78, 5) is 16.1. The van der Waals surface area contributed by atoms with Crippen LogP contribution in [0.1, 0.15) is 39.5 Å². The monoisotopic (exact) mass is 267 g/mol. The lowest BCUT2D eigenvalue weighted by Crippen LogP contribution is -2.49. The Morgan fingerprint density at radius 3 is 2.74 bits per heavy atom. The Hall–Kier alpha value is -0.610. The second kappa shape index (κ2) is 6.71. The van der Waals surface area contributed by atoms with E-state index in [0.717, 1.165) is 31.8 Å². The molecule has 0 aromatic carbocycles. The highest BCUT2D eigenvalue weighted by molar-refractivity contribution is 5.78. The second-order valence-electron chi connectivity index (χ2n) is 6.46.